The largest absolute Gasteiger partial charge is 0.494 e. The Morgan fingerprint density at radius 1 is 0.926 bits per heavy atom. The van der Waals surface area contributed by atoms with E-state index in [1.807, 2.05) is 0 Å². The minimum Gasteiger partial charge on any atom is -0.494 e. The summed E-state index contributed by atoms with van der Waals surface area (Å²) < 4.78 is 33.6. The SMILES string of the molecule is COc1ccc(C(=O)COC(=O)/C=C/c2ccc(OC)c(OC)c2)cc1F. The minimum absolute atomic E-state index is 0.0291. The summed E-state index contributed by atoms with van der Waals surface area (Å²) in [7, 11) is 4.36. The van der Waals surface area contributed by atoms with E-state index in [0.29, 0.717) is 17.1 Å². The predicted molar refractivity (Wildman–Crippen MR) is 96.8 cm³/mol. The van der Waals surface area contributed by atoms with Crippen molar-refractivity contribution in [1.82, 2.24) is 0 Å². The van der Waals surface area contributed by atoms with Crippen LogP contribution in [0, 0.1) is 5.82 Å². The maximum atomic E-state index is 13.6. The molecule has 2 rings (SSSR count). The Kier molecular flexibility index (Phi) is 6.93. The van der Waals surface area contributed by atoms with Crippen molar-refractivity contribution in [3.8, 4) is 17.2 Å². The minimum atomic E-state index is -0.702. The molecular formula is C20H19FO6. The number of hydrogen-bond donors (Lipinski definition) is 0. The van der Waals surface area contributed by atoms with Gasteiger partial charge in [-0.05, 0) is 42.0 Å². The van der Waals surface area contributed by atoms with Crippen molar-refractivity contribution >= 4 is 17.8 Å². The van der Waals surface area contributed by atoms with Gasteiger partial charge in [-0.15, -0.1) is 0 Å². The van der Waals surface area contributed by atoms with Crippen molar-refractivity contribution in [2.24, 2.45) is 0 Å². The molecule has 0 unspecified atom stereocenters. The molecule has 2 aromatic carbocycles. The average molecular weight is 374 g/mol. The molecule has 0 fully saturated rings. The lowest BCUT2D eigenvalue weighted by atomic mass is 10.1. The first-order valence-electron chi connectivity index (χ1n) is 7.92. The fraction of sp³-hybridized carbons (Fsp3) is 0.200. The molecule has 0 bridgehead atoms. The third-order valence-corrected chi connectivity index (χ3v) is 3.64. The van der Waals surface area contributed by atoms with Crippen LogP contribution >= 0.6 is 0 Å². The predicted octanol–water partition coefficient (Wildman–Crippen LogP) is 3.29. The van der Waals surface area contributed by atoms with Gasteiger partial charge in [-0.3, -0.25) is 4.79 Å². The summed E-state index contributed by atoms with van der Waals surface area (Å²) in [6, 6.07) is 8.89. The molecule has 2 aromatic rings. The third-order valence-electron chi connectivity index (χ3n) is 3.64. The first kappa shape index (κ1) is 20.0. The Morgan fingerprint density at radius 2 is 1.59 bits per heavy atom. The molecule has 6 nitrogen and oxygen atoms in total. The van der Waals surface area contributed by atoms with Gasteiger partial charge in [0.15, 0.2) is 35.5 Å². The molecule has 0 saturated heterocycles. The van der Waals surface area contributed by atoms with Crippen LogP contribution in [0.1, 0.15) is 15.9 Å². The molecule has 0 spiro atoms. The average Bonchev–Trinajstić information content (AvgIpc) is 2.69. The van der Waals surface area contributed by atoms with Crippen LogP contribution in [0.15, 0.2) is 42.5 Å². The first-order chi connectivity index (χ1) is 13.0. The van der Waals surface area contributed by atoms with Gasteiger partial charge in [-0.1, -0.05) is 6.07 Å². The second kappa shape index (κ2) is 9.38. The molecular weight excluding hydrogens is 355 g/mol. The van der Waals surface area contributed by atoms with Gasteiger partial charge in [0.05, 0.1) is 21.3 Å². The van der Waals surface area contributed by atoms with Gasteiger partial charge in [0.1, 0.15) is 0 Å². The second-order valence-corrected chi connectivity index (χ2v) is 5.33. The smallest absolute Gasteiger partial charge is 0.331 e. The molecule has 7 heteroatoms. The summed E-state index contributed by atoms with van der Waals surface area (Å²) >= 11 is 0. The van der Waals surface area contributed by atoms with Crippen molar-refractivity contribution in [2.75, 3.05) is 27.9 Å². The molecule has 0 amide bonds. The summed E-state index contributed by atoms with van der Waals surface area (Å²) in [6.45, 7) is -0.499. The fourth-order valence-corrected chi connectivity index (χ4v) is 2.23. The normalized spacial score (nSPS) is 10.5. The van der Waals surface area contributed by atoms with E-state index in [4.69, 9.17) is 18.9 Å². The van der Waals surface area contributed by atoms with Crippen molar-refractivity contribution in [3.63, 3.8) is 0 Å². The topological polar surface area (TPSA) is 71.1 Å². The van der Waals surface area contributed by atoms with E-state index < -0.39 is 24.2 Å². The highest BCUT2D eigenvalue weighted by Gasteiger charge is 2.12. The van der Waals surface area contributed by atoms with Crippen LogP contribution in [0.2, 0.25) is 0 Å². The summed E-state index contributed by atoms with van der Waals surface area (Å²) in [6.07, 6.45) is 2.70. The van der Waals surface area contributed by atoms with Gasteiger partial charge < -0.3 is 18.9 Å². The highest BCUT2D eigenvalue weighted by molar-refractivity contribution is 5.99. The zero-order valence-corrected chi connectivity index (χ0v) is 15.2. The van der Waals surface area contributed by atoms with Crippen LogP contribution in [0.25, 0.3) is 6.08 Å². The maximum absolute atomic E-state index is 13.6. The standard InChI is InChI=1S/C20H19FO6/c1-24-17-8-6-14(11-15(17)21)16(22)12-27-20(23)9-5-13-4-7-18(25-2)19(10-13)26-3/h4-11H,12H2,1-3H3/b9-5+. The maximum Gasteiger partial charge on any atom is 0.331 e. The highest BCUT2D eigenvalue weighted by atomic mass is 19.1. The van der Waals surface area contributed by atoms with Crippen molar-refractivity contribution < 1.29 is 32.9 Å². The van der Waals surface area contributed by atoms with Crippen LogP contribution in [-0.2, 0) is 9.53 Å². The summed E-state index contributed by atoms with van der Waals surface area (Å²) in [5, 5.41) is 0. The Bertz CT molecular complexity index is 860. The Hall–Kier alpha value is -3.35. The molecule has 0 aliphatic heterocycles. The highest BCUT2D eigenvalue weighted by Crippen LogP contribution is 2.28. The van der Waals surface area contributed by atoms with Gasteiger partial charge >= 0.3 is 5.97 Å². The number of carbonyl (C=O) groups is 2. The number of Topliss-reactive ketones (excluding diaryl/α,β-unsaturated/α-hetero) is 1. The number of ether oxygens (including phenoxy) is 4. The third kappa shape index (κ3) is 5.31. The quantitative estimate of drug-likeness (QED) is 0.401. The number of methoxy groups -OCH3 is 3. The lowest BCUT2D eigenvalue weighted by Crippen LogP contribution is -2.12. The summed E-state index contributed by atoms with van der Waals surface area (Å²) in [5.41, 5.74) is 0.776. The first-order valence-corrected chi connectivity index (χ1v) is 7.92. The number of benzene rings is 2. The monoisotopic (exact) mass is 374 g/mol. The lowest BCUT2D eigenvalue weighted by Gasteiger charge is -2.07. The molecule has 0 atom stereocenters. The van der Waals surface area contributed by atoms with Crippen molar-refractivity contribution in [3.05, 3.63) is 59.4 Å². The number of esters is 1. The molecule has 0 aromatic heterocycles. The Morgan fingerprint density at radius 3 is 2.22 bits per heavy atom. The van der Waals surface area contributed by atoms with Gasteiger partial charge in [0, 0.05) is 11.6 Å². The van der Waals surface area contributed by atoms with E-state index in [-0.39, 0.29) is 11.3 Å². The lowest BCUT2D eigenvalue weighted by molar-refractivity contribution is -0.136. The second-order valence-electron chi connectivity index (χ2n) is 5.33. The van der Waals surface area contributed by atoms with Gasteiger partial charge in [0.25, 0.3) is 0 Å². The van der Waals surface area contributed by atoms with Crippen LogP contribution in [0.5, 0.6) is 17.2 Å². The molecule has 0 saturated carbocycles. The zero-order chi connectivity index (χ0) is 19.8. The van der Waals surface area contributed by atoms with Gasteiger partial charge in [-0.2, -0.15) is 0 Å². The molecule has 0 N–H and O–H groups in total. The molecule has 27 heavy (non-hydrogen) atoms. The van der Waals surface area contributed by atoms with Crippen LogP contribution in [0.3, 0.4) is 0 Å². The Labute approximate surface area is 156 Å². The molecule has 0 aliphatic rings. The van der Waals surface area contributed by atoms with E-state index in [0.717, 1.165) is 6.07 Å². The molecule has 142 valence electrons. The van der Waals surface area contributed by atoms with Gasteiger partial charge in [0.2, 0.25) is 0 Å². The van der Waals surface area contributed by atoms with Crippen LogP contribution in [-0.4, -0.2) is 39.7 Å². The van der Waals surface area contributed by atoms with Crippen molar-refractivity contribution in [2.45, 2.75) is 0 Å². The van der Waals surface area contributed by atoms with Crippen LogP contribution < -0.4 is 14.2 Å². The number of hydrogen-bond acceptors (Lipinski definition) is 6. The summed E-state index contributed by atoms with van der Waals surface area (Å²) in [4.78, 5) is 23.8. The van der Waals surface area contributed by atoms with Gasteiger partial charge in [-0.25, -0.2) is 9.18 Å². The number of rotatable bonds is 8. The fourth-order valence-electron chi connectivity index (χ4n) is 2.23. The molecule has 0 aliphatic carbocycles. The molecule has 0 heterocycles. The number of halogens is 1. The van der Waals surface area contributed by atoms with E-state index >= 15 is 0 Å². The number of ketones is 1. The molecule has 0 radical (unpaired) electrons. The summed E-state index contributed by atoms with van der Waals surface area (Å²) in [5.74, 6) is -0.778. The van der Waals surface area contributed by atoms with Crippen molar-refractivity contribution in [1.29, 1.82) is 0 Å². The zero-order valence-electron chi connectivity index (χ0n) is 15.2. The van der Waals surface area contributed by atoms with E-state index in [1.54, 1.807) is 18.2 Å². The Balaban J connectivity index is 1.94. The van der Waals surface area contributed by atoms with E-state index in [1.165, 1.54) is 45.6 Å². The van der Waals surface area contributed by atoms with E-state index in [9.17, 15) is 14.0 Å². The van der Waals surface area contributed by atoms with Crippen LogP contribution in [0.4, 0.5) is 4.39 Å². The number of carbonyl (C=O) groups excluding carboxylic acids is 2. The van der Waals surface area contributed by atoms with E-state index in [2.05, 4.69) is 0 Å².